The van der Waals surface area contributed by atoms with Crippen LogP contribution in [0.1, 0.15) is 23.6 Å². The van der Waals surface area contributed by atoms with Crippen molar-refractivity contribution in [2.24, 2.45) is 4.99 Å². The summed E-state index contributed by atoms with van der Waals surface area (Å²) >= 11 is 0. The van der Waals surface area contributed by atoms with Crippen molar-refractivity contribution in [3.05, 3.63) is 59.2 Å². The maximum absolute atomic E-state index is 14.0. The van der Waals surface area contributed by atoms with Crippen molar-refractivity contribution in [1.29, 1.82) is 0 Å². The summed E-state index contributed by atoms with van der Waals surface area (Å²) in [4.78, 5) is 6.15. The van der Waals surface area contributed by atoms with Crippen LogP contribution in [-0.4, -0.2) is 43.2 Å². The molecule has 4 nitrogen and oxygen atoms in total. The Morgan fingerprint density at radius 2 is 1.82 bits per heavy atom. The molecule has 0 heterocycles. The Labute approximate surface area is 163 Å². The third-order valence-corrected chi connectivity index (χ3v) is 4.63. The molecule has 1 atom stereocenters. The van der Waals surface area contributed by atoms with Gasteiger partial charge in [-0.25, -0.2) is 4.99 Å². The predicted molar refractivity (Wildman–Crippen MR) is 104 cm³/mol. The molecule has 2 aromatic carbocycles. The first-order valence-electron chi connectivity index (χ1n) is 8.89. The van der Waals surface area contributed by atoms with E-state index in [4.69, 9.17) is 4.74 Å². The number of methoxy groups -OCH3 is 1. The number of ether oxygens (including phenoxy) is 1. The third kappa shape index (κ3) is 4.65. The van der Waals surface area contributed by atoms with Gasteiger partial charge in [0.15, 0.2) is 5.60 Å². The lowest BCUT2D eigenvalue weighted by Gasteiger charge is -2.32. The van der Waals surface area contributed by atoms with Crippen molar-refractivity contribution in [2.75, 3.05) is 20.7 Å². The van der Waals surface area contributed by atoms with Crippen LogP contribution in [0.5, 0.6) is 5.75 Å². The van der Waals surface area contributed by atoms with Gasteiger partial charge >= 0.3 is 6.18 Å². The molecule has 28 heavy (non-hydrogen) atoms. The minimum absolute atomic E-state index is 0.0624. The van der Waals surface area contributed by atoms with Gasteiger partial charge in [-0.15, -0.1) is 0 Å². The highest BCUT2D eigenvalue weighted by molar-refractivity contribution is 5.65. The number of rotatable bonds is 7. The Morgan fingerprint density at radius 3 is 2.36 bits per heavy atom. The fraction of sp³-hybridized carbons (Fsp3) is 0.381. The van der Waals surface area contributed by atoms with Crippen molar-refractivity contribution in [3.8, 4) is 5.75 Å². The molecule has 0 aromatic heterocycles. The Bertz CT molecular complexity index is 822. The van der Waals surface area contributed by atoms with Gasteiger partial charge in [0, 0.05) is 31.6 Å². The molecule has 7 heteroatoms. The molecule has 1 unspecified atom stereocenters. The van der Waals surface area contributed by atoms with Crippen molar-refractivity contribution in [2.45, 2.75) is 32.0 Å². The van der Waals surface area contributed by atoms with Gasteiger partial charge in [0.25, 0.3) is 0 Å². The minimum atomic E-state index is -4.89. The molecule has 1 N–H and O–H groups in total. The van der Waals surface area contributed by atoms with E-state index in [9.17, 15) is 18.3 Å². The second kappa shape index (κ2) is 8.65. The van der Waals surface area contributed by atoms with E-state index in [1.807, 2.05) is 18.9 Å². The molecule has 0 bridgehead atoms. The number of hydrogen-bond donors (Lipinski definition) is 1. The summed E-state index contributed by atoms with van der Waals surface area (Å²) in [5, 5.41) is 10.8. The van der Waals surface area contributed by atoms with E-state index in [1.165, 1.54) is 19.2 Å². The zero-order valence-electron chi connectivity index (χ0n) is 16.4. The summed E-state index contributed by atoms with van der Waals surface area (Å²) in [7, 11) is 3.12. The largest absolute Gasteiger partial charge is 0.496 e. The van der Waals surface area contributed by atoms with Crippen molar-refractivity contribution < 1.29 is 23.0 Å². The summed E-state index contributed by atoms with van der Waals surface area (Å²) in [6.45, 7) is 4.35. The summed E-state index contributed by atoms with van der Waals surface area (Å²) in [5.41, 5.74) is -2.06. The van der Waals surface area contributed by atoms with Gasteiger partial charge in [0.2, 0.25) is 0 Å². The van der Waals surface area contributed by atoms with Gasteiger partial charge in [-0.3, -0.25) is 0 Å². The van der Waals surface area contributed by atoms with Crippen LogP contribution in [0.15, 0.2) is 47.5 Å². The van der Waals surface area contributed by atoms with E-state index in [0.717, 1.165) is 6.54 Å². The van der Waals surface area contributed by atoms with Crippen LogP contribution >= 0.6 is 0 Å². The first-order valence-corrected chi connectivity index (χ1v) is 8.89. The zero-order valence-corrected chi connectivity index (χ0v) is 16.4. The monoisotopic (exact) mass is 394 g/mol. The second-order valence-corrected chi connectivity index (χ2v) is 6.68. The van der Waals surface area contributed by atoms with Gasteiger partial charge in [0.05, 0.1) is 19.1 Å². The summed E-state index contributed by atoms with van der Waals surface area (Å²) in [5.74, 6) is -0.0624. The smallest absolute Gasteiger partial charge is 0.421 e. The minimum Gasteiger partial charge on any atom is -0.496 e. The normalized spacial score (nSPS) is 14.1. The number of aliphatic imine (C=N–C) groups is 1. The molecule has 2 rings (SSSR count). The third-order valence-electron chi connectivity index (χ3n) is 4.63. The number of benzene rings is 2. The molecule has 2 aromatic rings. The fourth-order valence-corrected chi connectivity index (χ4v) is 2.79. The molecule has 0 aliphatic carbocycles. The standard InChI is InChI=1S/C21H25F3N2O2/c1-5-26(3)14-25-18-12-19(28-4)17(11-15(18)2)20(27,21(22,23)24)13-16-9-7-6-8-10-16/h6-12,14,27H,5,13H2,1-4H3/b25-14+. The van der Waals surface area contributed by atoms with Crippen molar-refractivity contribution in [3.63, 3.8) is 0 Å². The van der Waals surface area contributed by atoms with Gasteiger partial charge in [-0.1, -0.05) is 30.3 Å². The first kappa shape index (κ1) is 21.8. The Balaban J connectivity index is 2.57. The van der Waals surface area contributed by atoms with Crippen LogP contribution in [0.25, 0.3) is 0 Å². The van der Waals surface area contributed by atoms with Crippen LogP contribution in [-0.2, 0) is 12.0 Å². The van der Waals surface area contributed by atoms with Gasteiger partial charge in [-0.05, 0) is 31.0 Å². The molecule has 0 fully saturated rings. The summed E-state index contributed by atoms with van der Waals surface area (Å²) in [6.07, 6.45) is -3.91. The molecule has 0 radical (unpaired) electrons. The van der Waals surface area contributed by atoms with E-state index >= 15 is 0 Å². The van der Waals surface area contributed by atoms with Gasteiger partial charge < -0.3 is 14.7 Å². The molecule has 0 aliphatic rings. The van der Waals surface area contributed by atoms with Crippen LogP contribution in [0.3, 0.4) is 0 Å². The number of aliphatic hydroxyl groups is 1. The molecule has 0 aliphatic heterocycles. The SMILES string of the molecule is CCN(C)/C=N/c1cc(OC)c(C(O)(Cc2ccccc2)C(F)(F)F)cc1C. The lowest BCUT2D eigenvalue weighted by atomic mass is 9.85. The topological polar surface area (TPSA) is 45.1 Å². The van der Waals surface area contributed by atoms with E-state index in [2.05, 4.69) is 4.99 Å². The van der Waals surface area contributed by atoms with Crippen molar-refractivity contribution >= 4 is 12.0 Å². The Hall–Kier alpha value is -2.54. The number of hydrogen-bond acceptors (Lipinski definition) is 3. The number of nitrogens with zero attached hydrogens (tertiary/aromatic N) is 2. The summed E-state index contributed by atoms with van der Waals surface area (Å²) in [6, 6.07) is 10.8. The molecule has 152 valence electrons. The van der Waals surface area contributed by atoms with Crippen molar-refractivity contribution in [1.82, 2.24) is 4.90 Å². The zero-order chi connectivity index (χ0) is 20.9. The average molecular weight is 394 g/mol. The maximum atomic E-state index is 14.0. The van der Waals surface area contributed by atoms with Crippen LogP contribution < -0.4 is 4.74 Å². The average Bonchev–Trinajstić information content (AvgIpc) is 2.66. The van der Waals surface area contributed by atoms with Crippen LogP contribution in [0.2, 0.25) is 0 Å². The van der Waals surface area contributed by atoms with E-state index < -0.39 is 18.2 Å². The van der Waals surface area contributed by atoms with Gasteiger partial charge in [-0.2, -0.15) is 13.2 Å². The highest BCUT2D eigenvalue weighted by Gasteiger charge is 2.56. The van der Waals surface area contributed by atoms with E-state index in [0.29, 0.717) is 16.8 Å². The molecular weight excluding hydrogens is 369 g/mol. The number of halogens is 3. The number of alkyl halides is 3. The lowest BCUT2D eigenvalue weighted by Crippen LogP contribution is -2.44. The summed E-state index contributed by atoms with van der Waals surface area (Å²) < 4.78 is 47.2. The van der Waals surface area contributed by atoms with Gasteiger partial charge in [0.1, 0.15) is 5.75 Å². The first-order chi connectivity index (χ1) is 13.1. The van der Waals surface area contributed by atoms with E-state index in [-0.39, 0.29) is 11.3 Å². The molecule has 0 amide bonds. The molecule has 0 saturated carbocycles. The molecule has 0 saturated heterocycles. The Kier molecular flexibility index (Phi) is 6.72. The Morgan fingerprint density at radius 1 is 1.18 bits per heavy atom. The lowest BCUT2D eigenvalue weighted by molar-refractivity contribution is -0.266. The molecular formula is C21H25F3N2O2. The van der Waals surface area contributed by atoms with Crippen LogP contribution in [0.4, 0.5) is 18.9 Å². The fourth-order valence-electron chi connectivity index (χ4n) is 2.79. The quantitative estimate of drug-likeness (QED) is 0.551. The predicted octanol–water partition coefficient (Wildman–Crippen LogP) is 4.61. The highest BCUT2D eigenvalue weighted by atomic mass is 19.4. The molecule has 0 spiro atoms. The van der Waals surface area contributed by atoms with Crippen LogP contribution in [0, 0.1) is 6.92 Å². The maximum Gasteiger partial charge on any atom is 0.421 e. The van der Waals surface area contributed by atoms with E-state index in [1.54, 1.807) is 43.6 Å². The number of aryl methyl sites for hydroxylation is 1. The second-order valence-electron chi connectivity index (χ2n) is 6.68. The highest BCUT2D eigenvalue weighted by Crippen LogP contribution is 2.46.